The van der Waals surface area contributed by atoms with Gasteiger partial charge in [0.2, 0.25) is 0 Å². The number of ether oxygens (including phenoxy) is 1. The molecule has 0 radical (unpaired) electrons. The van der Waals surface area contributed by atoms with Crippen molar-refractivity contribution < 1.29 is 73.9 Å². The van der Waals surface area contributed by atoms with E-state index in [1.54, 1.807) is 20.8 Å². The number of benzene rings is 1. The average Bonchev–Trinajstić information content (AvgIpc) is 2.11. The molecule has 1 aromatic rings. The van der Waals surface area contributed by atoms with Crippen LogP contribution in [0, 0.1) is 6.92 Å². The quantitative estimate of drug-likeness (QED) is 0.803. The molecule has 0 aliphatic heterocycles. The molecule has 1 rings (SSSR count). The number of halogens is 3. The molecule has 0 saturated carbocycles. The largest absolute Gasteiger partial charge is 1.00 e. The van der Waals surface area contributed by atoms with E-state index in [0.29, 0.717) is 0 Å². The summed E-state index contributed by atoms with van der Waals surface area (Å²) in [7, 11) is 0. The molecule has 0 aliphatic rings. The number of carbonyl (C=O) groups excluding carboxylic acids is 1. The Morgan fingerprint density at radius 1 is 1.25 bits per heavy atom. The maximum Gasteiger partial charge on any atom is 1.00 e. The predicted molar refractivity (Wildman–Crippen MR) is 69.7 cm³/mol. The Morgan fingerprint density at radius 3 is 2.20 bits per heavy atom. The van der Waals surface area contributed by atoms with Crippen molar-refractivity contribution in [1.29, 1.82) is 0 Å². The minimum Gasteiger partial charge on any atom is -0.445 e. The van der Waals surface area contributed by atoms with Gasteiger partial charge in [-0.15, -0.1) is 5.46 Å². The fraction of sp³-hybridized carbons (Fsp3) is 0.417. The Morgan fingerprint density at radius 2 is 1.80 bits per heavy atom. The second-order valence-electron chi connectivity index (χ2n) is 5.27. The van der Waals surface area contributed by atoms with Crippen molar-refractivity contribution in [2.75, 3.05) is 5.32 Å². The molecular weight excluding hydrogens is 297 g/mol. The number of hydrogen-bond acceptors (Lipinski definition) is 2. The van der Waals surface area contributed by atoms with Crippen LogP contribution in [0.15, 0.2) is 18.2 Å². The van der Waals surface area contributed by atoms with Gasteiger partial charge in [-0.2, -0.15) is 0 Å². The first-order valence-electron chi connectivity index (χ1n) is 5.79. The summed E-state index contributed by atoms with van der Waals surface area (Å²) >= 11 is 0. The Kier molecular flexibility index (Phi) is 7.30. The number of amides is 1. The number of aryl methyl sites for hydroxylation is 1. The van der Waals surface area contributed by atoms with Gasteiger partial charge in [0.25, 0.3) is 0 Å². The summed E-state index contributed by atoms with van der Waals surface area (Å²) < 4.78 is 42.9. The molecule has 0 bridgehead atoms. The second kappa shape index (κ2) is 7.31. The third-order valence-corrected chi connectivity index (χ3v) is 2.27. The van der Waals surface area contributed by atoms with E-state index in [9.17, 15) is 17.7 Å². The van der Waals surface area contributed by atoms with E-state index in [-0.39, 0.29) is 62.6 Å². The summed E-state index contributed by atoms with van der Waals surface area (Å²) in [6.45, 7) is 1.42. The molecule has 1 aromatic carbocycles. The zero-order chi connectivity index (χ0) is 14.8. The first-order chi connectivity index (χ1) is 8.49. The van der Waals surface area contributed by atoms with Crippen molar-refractivity contribution in [3.8, 4) is 0 Å². The van der Waals surface area contributed by atoms with Gasteiger partial charge in [0.1, 0.15) is 5.60 Å². The van der Waals surface area contributed by atoms with Gasteiger partial charge in [-0.3, -0.25) is 5.32 Å². The molecule has 106 valence electrons. The molecule has 0 aromatic heterocycles. The summed E-state index contributed by atoms with van der Waals surface area (Å²) in [5.74, 6) is 0. The normalized spacial score (nSPS) is 11.6. The minimum atomic E-state index is -5.04. The number of rotatable bonds is 2. The Bertz CT molecular complexity index is 487. The van der Waals surface area contributed by atoms with Gasteiger partial charge < -0.3 is 17.7 Å². The van der Waals surface area contributed by atoms with Crippen molar-refractivity contribution in [3.63, 3.8) is 0 Å². The van der Waals surface area contributed by atoms with E-state index in [1.807, 2.05) is 0 Å². The summed E-state index contributed by atoms with van der Waals surface area (Å²) in [5, 5.41) is 2.40. The molecule has 1 N–H and O–H groups in total. The van der Waals surface area contributed by atoms with Crippen LogP contribution in [0.2, 0.25) is 0 Å². The maximum absolute atomic E-state index is 12.6. The van der Waals surface area contributed by atoms with Crippen LogP contribution in [0.25, 0.3) is 0 Å². The summed E-state index contributed by atoms with van der Waals surface area (Å²) in [5.41, 5.74) is -0.972. The molecular formula is C12H16BF3KNO2. The van der Waals surface area contributed by atoms with Crippen molar-refractivity contribution in [1.82, 2.24) is 0 Å². The SMILES string of the molecule is Cc1cc(NC(=O)OC(C)(C)C)ccc1[B-](F)(F)F.[K+]. The van der Waals surface area contributed by atoms with E-state index < -0.39 is 24.1 Å². The summed E-state index contributed by atoms with van der Waals surface area (Å²) in [4.78, 5) is 11.5. The van der Waals surface area contributed by atoms with Gasteiger partial charge in [-0.1, -0.05) is 11.6 Å². The topological polar surface area (TPSA) is 38.3 Å². The maximum atomic E-state index is 12.6. The zero-order valence-corrected chi connectivity index (χ0v) is 15.4. The molecule has 0 saturated heterocycles. The van der Waals surface area contributed by atoms with Gasteiger partial charge in [0, 0.05) is 5.69 Å². The van der Waals surface area contributed by atoms with Crippen LogP contribution >= 0.6 is 0 Å². The number of carbonyl (C=O) groups is 1. The van der Waals surface area contributed by atoms with Crippen molar-refractivity contribution in [2.45, 2.75) is 33.3 Å². The van der Waals surface area contributed by atoms with E-state index in [1.165, 1.54) is 19.1 Å². The zero-order valence-electron chi connectivity index (χ0n) is 12.3. The van der Waals surface area contributed by atoms with Crippen LogP contribution in [0.4, 0.5) is 23.4 Å². The van der Waals surface area contributed by atoms with E-state index in [0.717, 1.165) is 6.07 Å². The van der Waals surface area contributed by atoms with Crippen LogP contribution in [0.5, 0.6) is 0 Å². The molecule has 0 unspecified atom stereocenters. The van der Waals surface area contributed by atoms with Gasteiger partial charge in [0.05, 0.1) is 0 Å². The fourth-order valence-electron chi connectivity index (χ4n) is 1.54. The Balaban J connectivity index is 0.00000361. The van der Waals surface area contributed by atoms with Crippen LogP contribution in [0.3, 0.4) is 0 Å². The van der Waals surface area contributed by atoms with E-state index in [4.69, 9.17) is 4.74 Å². The standard InChI is InChI=1S/C12H16BF3NO2.K/c1-8-7-9(5-6-10(8)13(14,15)16)17-11(18)19-12(2,3)4;/h5-7H,1-4H3,(H,17,18);/q-1;+1. The van der Waals surface area contributed by atoms with Crippen LogP contribution in [-0.4, -0.2) is 18.7 Å². The van der Waals surface area contributed by atoms with Gasteiger partial charge in [-0.05, 0) is 39.8 Å². The summed E-state index contributed by atoms with van der Waals surface area (Å²) in [6.07, 6.45) is -0.697. The van der Waals surface area contributed by atoms with Gasteiger partial charge >= 0.3 is 64.5 Å². The van der Waals surface area contributed by atoms with Crippen LogP contribution in [0.1, 0.15) is 26.3 Å². The Hall–Kier alpha value is -0.0187. The number of anilines is 1. The minimum absolute atomic E-state index is 0. The number of hydrogen-bond donors (Lipinski definition) is 1. The molecule has 0 fully saturated rings. The third kappa shape index (κ3) is 6.62. The molecule has 3 nitrogen and oxygen atoms in total. The number of nitrogens with one attached hydrogen (secondary N) is 1. The summed E-state index contributed by atoms with van der Waals surface area (Å²) in [6, 6.07) is 3.44. The van der Waals surface area contributed by atoms with Gasteiger partial charge in [0.15, 0.2) is 0 Å². The molecule has 8 heteroatoms. The molecule has 0 heterocycles. The first kappa shape index (κ1) is 20.0. The van der Waals surface area contributed by atoms with Crippen LogP contribution in [-0.2, 0) is 4.74 Å². The third-order valence-electron chi connectivity index (χ3n) is 2.27. The average molecular weight is 313 g/mol. The van der Waals surface area contributed by atoms with E-state index in [2.05, 4.69) is 5.32 Å². The molecule has 1 amide bonds. The fourth-order valence-corrected chi connectivity index (χ4v) is 1.54. The second-order valence-corrected chi connectivity index (χ2v) is 5.27. The van der Waals surface area contributed by atoms with Gasteiger partial charge in [-0.25, -0.2) is 4.79 Å². The van der Waals surface area contributed by atoms with Crippen molar-refractivity contribution in [2.24, 2.45) is 0 Å². The van der Waals surface area contributed by atoms with Crippen LogP contribution < -0.4 is 62.2 Å². The van der Waals surface area contributed by atoms with Crippen molar-refractivity contribution >= 4 is 24.2 Å². The predicted octanol–water partition coefficient (Wildman–Crippen LogP) is 0.400. The first-order valence-corrected chi connectivity index (χ1v) is 5.79. The molecule has 0 spiro atoms. The monoisotopic (exact) mass is 313 g/mol. The molecule has 0 aliphatic carbocycles. The Labute approximate surface area is 159 Å². The van der Waals surface area contributed by atoms with Crippen molar-refractivity contribution in [3.05, 3.63) is 23.8 Å². The van der Waals surface area contributed by atoms with E-state index >= 15 is 0 Å². The molecule has 0 atom stereocenters. The smallest absolute Gasteiger partial charge is 0.445 e. The molecule has 20 heavy (non-hydrogen) atoms.